The molecule has 0 saturated carbocycles. The number of aryl methyl sites for hydroxylation is 1. The summed E-state index contributed by atoms with van der Waals surface area (Å²) in [6.45, 7) is 9.27. The van der Waals surface area contributed by atoms with Crippen LogP contribution in [-0.4, -0.2) is 29.1 Å². The number of benzene rings is 1. The van der Waals surface area contributed by atoms with Gasteiger partial charge in [-0.3, -0.25) is 4.72 Å². The molecule has 0 radical (unpaired) electrons. The van der Waals surface area contributed by atoms with Crippen LogP contribution >= 0.6 is 11.3 Å². The van der Waals surface area contributed by atoms with E-state index in [9.17, 15) is 12.8 Å². The molecule has 0 unspecified atom stereocenters. The second-order valence-electron chi connectivity index (χ2n) is 8.14. The van der Waals surface area contributed by atoms with Crippen molar-refractivity contribution in [3.8, 4) is 21.8 Å². The van der Waals surface area contributed by atoms with Crippen LogP contribution in [-0.2, 0) is 15.4 Å². The van der Waals surface area contributed by atoms with Crippen molar-refractivity contribution in [3.05, 3.63) is 46.9 Å². The zero-order chi connectivity index (χ0) is 23.0. The Labute approximate surface area is 184 Å². The molecule has 0 fully saturated rings. The van der Waals surface area contributed by atoms with Crippen LogP contribution < -0.4 is 4.72 Å². The molecule has 2 aromatic heterocycles. The van der Waals surface area contributed by atoms with Crippen LogP contribution in [0.2, 0.25) is 0 Å². The zero-order valence-corrected chi connectivity index (χ0v) is 19.6. The molecule has 0 amide bonds. The van der Waals surface area contributed by atoms with Gasteiger partial charge in [0.2, 0.25) is 10.0 Å². The lowest BCUT2D eigenvalue weighted by atomic mass is 9.98. The van der Waals surface area contributed by atoms with Gasteiger partial charge in [-0.2, -0.15) is 0 Å². The van der Waals surface area contributed by atoms with E-state index in [1.54, 1.807) is 26.1 Å². The summed E-state index contributed by atoms with van der Waals surface area (Å²) in [5.41, 5.74) is -0.506. The standard InChI is InChI=1S/C21H24F2N4O2S2/c1-6-11-31(28,29)27-14-8-7-13(22)16(17(14)23)18-19(15-9-10-24-12(2)25-15)30-20(26-18)21(3,4)5/h7-10,27H,6,11H2,1-5H3. The van der Waals surface area contributed by atoms with Crippen LogP contribution in [0, 0.1) is 18.6 Å². The fourth-order valence-electron chi connectivity index (χ4n) is 2.90. The lowest BCUT2D eigenvalue weighted by molar-refractivity contribution is 0.580. The summed E-state index contributed by atoms with van der Waals surface area (Å²) >= 11 is 1.29. The molecule has 31 heavy (non-hydrogen) atoms. The van der Waals surface area contributed by atoms with E-state index in [2.05, 4.69) is 19.7 Å². The molecule has 0 aliphatic carbocycles. The molecule has 1 N–H and O–H groups in total. The first-order valence-electron chi connectivity index (χ1n) is 9.73. The summed E-state index contributed by atoms with van der Waals surface area (Å²) in [4.78, 5) is 13.5. The summed E-state index contributed by atoms with van der Waals surface area (Å²) in [6.07, 6.45) is 1.93. The van der Waals surface area contributed by atoms with Gasteiger partial charge in [0.25, 0.3) is 0 Å². The molecule has 0 aliphatic rings. The normalized spacial score (nSPS) is 12.2. The number of rotatable bonds is 6. The molecule has 1 aromatic carbocycles. The van der Waals surface area contributed by atoms with Gasteiger partial charge in [0.15, 0.2) is 5.82 Å². The third-order valence-electron chi connectivity index (χ3n) is 4.34. The van der Waals surface area contributed by atoms with Crippen molar-refractivity contribution in [1.29, 1.82) is 0 Å². The molecule has 2 heterocycles. The minimum Gasteiger partial charge on any atom is -0.281 e. The lowest BCUT2D eigenvalue weighted by Gasteiger charge is -2.14. The van der Waals surface area contributed by atoms with E-state index >= 15 is 4.39 Å². The van der Waals surface area contributed by atoms with Gasteiger partial charge in [0, 0.05) is 11.6 Å². The van der Waals surface area contributed by atoms with Crippen molar-refractivity contribution in [2.45, 2.75) is 46.5 Å². The van der Waals surface area contributed by atoms with Crippen LogP contribution in [0.3, 0.4) is 0 Å². The summed E-state index contributed by atoms with van der Waals surface area (Å²) in [5, 5.41) is 0.671. The molecule has 0 saturated heterocycles. The van der Waals surface area contributed by atoms with E-state index in [-0.39, 0.29) is 22.5 Å². The average molecular weight is 467 g/mol. The SMILES string of the molecule is CCCS(=O)(=O)Nc1ccc(F)c(-c2nc(C(C)(C)C)sc2-c2ccnc(C)n2)c1F. The summed E-state index contributed by atoms with van der Waals surface area (Å²) < 4.78 is 56.8. The minimum atomic E-state index is -3.76. The molecule has 3 rings (SSSR count). The second kappa shape index (κ2) is 8.58. The Morgan fingerprint density at radius 3 is 2.45 bits per heavy atom. The molecular formula is C21H24F2N4O2S2. The Hall–Kier alpha value is -2.46. The Kier molecular flexibility index (Phi) is 6.43. The molecule has 0 spiro atoms. The van der Waals surface area contributed by atoms with Crippen LogP contribution in [0.25, 0.3) is 21.8 Å². The predicted octanol–water partition coefficient (Wildman–Crippen LogP) is 5.30. The van der Waals surface area contributed by atoms with Gasteiger partial charge >= 0.3 is 0 Å². The maximum Gasteiger partial charge on any atom is 0.232 e. The maximum absolute atomic E-state index is 15.4. The predicted molar refractivity (Wildman–Crippen MR) is 120 cm³/mol. The number of thiazole rings is 1. The smallest absolute Gasteiger partial charge is 0.232 e. The van der Waals surface area contributed by atoms with Crippen molar-refractivity contribution >= 4 is 27.0 Å². The molecule has 0 bridgehead atoms. The number of nitrogens with zero attached hydrogens (tertiary/aromatic N) is 3. The number of sulfonamides is 1. The molecule has 3 aromatic rings. The first-order chi connectivity index (χ1) is 14.4. The van der Waals surface area contributed by atoms with Crippen molar-refractivity contribution in [1.82, 2.24) is 15.0 Å². The Morgan fingerprint density at radius 1 is 1.13 bits per heavy atom. The average Bonchev–Trinajstić information content (AvgIpc) is 3.09. The third kappa shape index (κ3) is 5.07. The molecule has 10 heteroatoms. The molecule has 166 valence electrons. The number of hydrogen-bond acceptors (Lipinski definition) is 6. The van der Waals surface area contributed by atoms with E-state index in [1.165, 1.54) is 11.3 Å². The van der Waals surface area contributed by atoms with Crippen LogP contribution in [0.15, 0.2) is 24.4 Å². The lowest BCUT2D eigenvalue weighted by Crippen LogP contribution is -2.17. The largest absolute Gasteiger partial charge is 0.281 e. The highest BCUT2D eigenvalue weighted by Gasteiger charge is 2.28. The van der Waals surface area contributed by atoms with Gasteiger partial charge in [-0.1, -0.05) is 27.7 Å². The summed E-state index contributed by atoms with van der Waals surface area (Å²) in [6, 6.07) is 3.76. The van der Waals surface area contributed by atoms with E-state index < -0.39 is 27.2 Å². The van der Waals surface area contributed by atoms with E-state index in [4.69, 9.17) is 0 Å². The van der Waals surface area contributed by atoms with Gasteiger partial charge in [0.1, 0.15) is 11.6 Å². The van der Waals surface area contributed by atoms with Crippen LogP contribution in [0.1, 0.15) is 44.9 Å². The first-order valence-corrected chi connectivity index (χ1v) is 12.2. The molecular weight excluding hydrogens is 442 g/mol. The van der Waals surface area contributed by atoms with Crippen molar-refractivity contribution < 1.29 is 17.2 Å². The second-order valence-corrected chi connectivity index (χ2v) is 11.0. The van der Waals surface area contributed by atoms with Gasteiger partial charge in [-0.05, 0) is 31.5 Å². The van der Waals surface area contributed by atoms with E-state index in [0.717, 1.165) is 12.1 Å². The van der Waals surface area contributed by atoms with Crippen molar-refractivity contribution in [3.63, 3.8) is 0 Å². The minimum absolute atomic E-state index is 0.0829. The summed E-state index contributed by atoms with van der Waals surface area (Å²) in [5.74, 6) is -1.52. The van der Waals surface area contributed by atoms with E-state index in [1.807, 2.05) is 20.8 Å². The number of hydrogen-bond donors (Lipinski definition) is 1. The van der Waals surface area contributed by atoms with Gasteiger partial charge in [-0.25, -0.2) is 32.2 Å². The number of anilines is 1. The fraction of sp³-hybridized carbons (Fsp3) is 0.381. The number of nitrogens with one attached hydrogen (secondary N) is 1. The Balaban J connectivity index is 2.25. The van der Waals surface area contributed by atoms with Crippen LogP contribution in [0.5, 0.6) is 0 Å². The molecule has 0 aliphatic heterocycles. The zero-order valence-electron chi connectivity index (χ0n) is 18.0. The van der Waals surface area contributed by atoms with E-state index in [0.29, 0.717) is 27.8 Å². The van der Waals surface area contributed by atoms with Crippen molar-refractivity contribution in [2.24, 2.45) is 0 Å². The number of aromatic nitrogens is 3. The maximum atomic E-state index is 15.4. The van der Waals surface area contributed by atoms with Gasteiger partial charge in [-0.15, -0.1) is 11.3 Å². The highest BCUT2D eigenvalue weighted by atomic mass is 32.2. The topological polar surface area (TPSA) is 84.8 Å². The Morgan fingerprint density at radius 2 is 1.84 bits per heavy atom. The van der Waals surface area contributed by atoms with Gasteiger partial charge < -0.3 is 0 Å². The van der Waals surface area contributed by atoms with Crippen LogP contribution in [0.4, 0.5) is 14.5 Å². The third-order valence-corrected chi connectivity index (χ3v) is 7.32. The highest BCUT2D eigenvalue weighted by Crippen LogP contribution is 2.42. The monoisotopic (exact) mass is 466 g/mol. The quantitative estimate of drug-likeness (QED) is 0.533. The highest BCUT2D eigenvalue weighted by molar-refractivity contribution is 7.92. The molecule has 0 atom stereocenters. The number of halogens is 2. The fourth-order valence-corrected chi connectivity index (χ4v) is 5.13. The summed E-state index contributed by atoms with van der Waals surface area (Å²) in [7, 11) is -3.76. The van der Waals surface area contributed by atoms with Crippen molar-refractivity contribution in [2.75, 3.05) is 10.5 Å². The molecule has 6 nitrogen and oxygen atoms in total. The van der Waals surface area contributed by atoms with Gasteiger partial charge in [0.05, 0.1) is 38.3 Å². The first kappa shape index (κ1) is 23.2. The Bertz CT molecular complexity index is 1220.